The van der Waals surface area contributed by atoms with Crippen molar-refractivity contribution in [2.75, 3.05) is 46.4 Å². The second kappa shape index (κ2) is 7.81. The van der Waals surface area contributed by atoms with Gasteiger partial charge in [0.15, 0.2) is 0 Å². The van der Waals surface area contributed by atoms with E-state index in [4.69, 9.17) is 9.47 Å². The van der Waals surface area contributed by atoms with E-state index in [1.165, 1.54) is 12.1 Å². The number of nitrogens with zero attached hydrogens (tertiary/aromatic N) is 2. The van der Waals surface area contributed by atoms with Crippen LogP contribution < -0.4 is 10.1 Å². The van der Waals surface area contributed by atoms with E-state index in [0.29, 0.717) is 38.5 Å². The Morgan fingerprint density at radius 3 is 2.88 bits per heavy atom. The Bertz CT molecular complexity index is 564. The lowest BCUT2D eigenvalue weighted by Crippen LogP contribution is -2.57. The number of urea groups is 1. The second-order valence-corrected chi connectivity index (χ2v) is 6.32. The van der Waals surface area contributed by atoms with E-state index in [1.807, 2.05) is 11.9 Å². The zero-order valence-electron chi connectivity index (χ0n) is 13.9. The Balaban J connectivity index is 1.58. The van der Waals surface area contributed by atoms with Crippen molar-refractivity contribution in [3.05, 3.63) is 30.1 Å². The molecular weight excluding hydrogens is 313 g/mol. The first kappa shape index (κ1) is 17.0. The molecule has 3 rings (SSSR count). The number of halogens is 1. The van der Waals surface area contributed by atoms with Gasteiger partial charge in [0, 0.05) is 38.7 Å². The minimum Gasteiger partial charge on any atom is -0.488 e. The fourth-order valence-corrected chi connectivity index (χ4v) is 2.97. The molecule has 2 aliphatic rings. The number of piperazine rings is 1. The Kier molecular flexibility index (Phi) is 5.52. The van der Waals surface area contributed by atoms with Gasteiger partial charge in [-0.15, -0.1) is 0 Å². The predicted octanol–water partition coefficient (Wildman–Crippen LogP) is 1.32. The number of rotatable bonds is 3. The van der Waals surface area contributed by atoms with Gasteiger partial charge in [0.25, 0.3) is 0 Å². The van der Waals surface area contributed by atoms with Crippen molar-refractivity contribution < 1.29 is 18.7 Å². The van der Waals surface area contributed by atoms with Crippen LogP contribution in [0, 0.1) is 5.82 Å². The molecule has 0 radical (unpaired) electrons. The molecule has 24 heavy (non-hydrogen) atoms. The highest BCUT2D eigenvalue weighted by molar-refractivity contribution is 5.74. The summed E-state index contributed by atoms with van der Waals surface area (Å²) in [4.78, 5) is 16.5. The monoisotopic (exact) mass is 337 g/mol. The molecule has 2 aliphatic heterocycles. The first-order valence-corrected chi connectivity index (χ1v) is 8.36. The summed E-state index contributed by atoms with van der Waals surface area (Å²) in [5.41, 5.74) is 0. The predicted molar refractivity (Wildman–Crippen MR) is 87.6 cm³/mol. The Morgan fingerprint density at radius 1 is 1.33 bits per heavy atom. The molecule has 132 valence electrons. The third-order valence-electron chi connectivity index (χ3n) is 4.48. The van der Waals surface area contributed by atoms with Gasteiger partial charge in [-0.3, -0.25) is 0 Å². The topological polar surface area (TPSA) is 54.0 Å². The van der Waals surface area contributed by atoms with E-state index in [9.17, 15) is 9.18 Å². The summed E-state index contributed by atoms with van der Waals surface area (Å²) in [5, 5.41) is 3.01. The highest BCUT2D eigenvalue weighted by Crippen LogP contribution is 2.19. The van der Waals surface area contributed by atoms with Gasteiger partial charge in [-0.1, -0.05) is 6.07 Å². The molecule has 1 N–H and O–H groups in total. The standard InChI is InChI=1S/C17H24FN3O3/c1-20-6-8-21(9-7-20)17(22)19-15-12-23-10-5-16(15)24-14-4-2-3-13(18)11-14/h2-4,11,15-16H,5-10,12H2,1H3,(H,19,22)/t15-,16+/m1/s1. The van der Waals surface area contributed by atoms with Crippen molar-refractivity contribution in [3.8, 4) is 5.75 Å². The lowest BCUT2D eigenvalue weighted by Gasteiger charge is -2.36. The largest absolute Gasteiger partial charge is 0.488 e. The summed E-state index contributed by atoms with van der Waals surface area (Å²) in [6, 6.07) is 5.73. The molecule has 0 aliphatic carbocycles. The molecule has 0 bridgehead atoms. The molecule has 0 aromatic heterocycles. The van der Waals surface area contributed by atoms with Crippen LogP contribution in [0.4, 0.5) is 9.18 Å². The number of likely N-dealkylation sites (N-methyl/N-ethyl adjacent to an activating group) is 1. The van der Waals surface area contributed by atoms with Crippen LogP contribution in [0.1, 0.15) is 6.42 Å². The Hall–Kier alpha value is -1.86. The molecule has 7 heteroatoms. The van der Waals surface area contributed by atoms with E-state index < -0.39 is 0 Å². The summed E-state index contributed by atoms with van der Waals surface area (Å²) in [6.07, 6.45) is 0.432. The van der Waals surface area contributed by atoms with Crippen molar-refractivity contribution in [2.24, 2.45) is 0 Å². The molecule has 2 saturated heterocycles. The minimum atomic E-state index is -0.336. The van der Waals surface area contributed by atoms with Gasteiger partial charge in [-0.2, -0.15) is 0 Å². The molecule has 2 atom stereocenters. The van der Waals surface area contributed by atoms with E-state index in [0.717, 1.165) is 13.1 Å². The van der Waals surface area contributed by atoms with Crippen LogP contribution in [0.25, 0.3) is 0 Å². The summed E-state index contributed by atoms with van der Waals surface area (Å²) in [5.74, 6) is 0.137. The first-order chi connectivity index (χ1) is 11.6. The number of ether oxygens (including phenoxy) is 2. The average Bonchev–Trinajstić information content (AvgIpc) is 2.57. The van der Waals surface area contributed by atoms with E-state index in [1.54, 1.807) is 12.1 Å². The van der Waals surface area contributed by atoms with Crippen LogP contribution in [0.3, 0.4) is 0 Å². The maximum atomic E-state index is 13.3. The Morgan fingerprint density at radius 2 is 2.12 bits per heavy atom. The van der Waals surface area contributed by atoms with Gasteiger partial charge in [0.1, 0.15) is 17.7 Å². The summed E-state index contributed by atoms with van der Waals surface area (Å²) in [7, 11) is 2.05. The summed E-state index contributed by atoms with van der Waals surface area (Å²) in [6.45, 7) is 4.15. The fraction of sp³-hybridized carbons (Fsp3) is 0.588. The third kappa shape index (κ3) is 4.36. The van der Waals surface area contributed by atoms with Gasteiger partial charge in [0.2, 0.25) is 0 Å². The van der Waals surface area contributed by atoms with Gasteiger partial charge >= 0.3 is 6.03 Å². The van der Waals surface area contributed by atoms with Crippen molar-refractivity contribution in [1.29, 1.82) is 0 Å². The zero-order chi connectivity index (χ0) is 16.9. The average molecular weight is 337 g/mol. The third-order valence-corrected chi connectivity index (χ3v) is 4.48. The highest BCUT2D eigenvalue weighted by atomic mass is 19.1. The number of benzene rings is 1. The number of carbonyl (C=O) groups excluding carboxylic acids is 1. The number of carbonyl (C=O) groups is 1. The molecule has 0 spiro atoms. The van der Waals surface area contributed by atoms with E-state index in [-0.39, 0.29) is 24.0 Å². The smallest absolute Gasteiger partial charge is 0.317 e. The molecule has 0 unspecified atom stereocenters. The van der Waals surface area contributed by atoms with Gasteiger partial charge in [-0.25, -0.2) is 9.18 Å². The van der Waals surface area contributed by atoms with Crippen LogP contribution in [0.15, 0.2) is 24.3 Å². The maximum Gasteiger partial charge on any atom is 0.317 e. The molecule has 2 heterocycles. The zero-order valence-corrected chi connectivity index (χ0v) is 13.9. The molecule has 2 amide bonds. The van der Waals surface area contributed by atoms with Crippen LogP contribution >= 0.6 is 0 Å². The van der Waals surface area contributed by atoms with Crippen molar-refractivity contribution >= 4 is 6.03 Å². The molecule has 2 fully saturated rings. The quantitative estimate of drug-likeness (QED) is 0.904. The SMILES string of the molecule is CN1CCN(C(=O)N[C@@H]2COCC[C@@H]2Oc2cccc(F)c2)CC1. The van der Waals surface area contributed by atoms with Crippen LogP contribution in [0.5, 0.6) is 5.75 Å². The molecule has 1 aromatic rings. The first-order valence-electron chi connectivity index (χ1n) is 8.36. The highest BCUT2D eigenvalue weighted by Gasteiger charge is 2.31. The van der Waals surface area contributed by atoms with Crippen molar-refractivity contribution in [1.82, 2.24) is 15.1 Å². The van der Waals surface area contributed by atoms with Gasteiger partial charge in [-0.05, 0) is 19.2 Å². The van der Waals surface area contributed by atoms with Crippen LogP contribution in [0.2, 0.25) is 0 Å². The van der Waals surface area contributed by atoms with Crippen LogP contribution in [-0.4, -0.2) is 74.4 Å². The Labute approximate surface area is 141 Å². The van der Waals surface area contributed by atoms with E-state index >= 15 is 0 Å². The van der Waals surface area contributed by atoms with Crippen LogP contribution in [-0.2, 0) is 4.74 Å². The lowest BCUT2D eigenvalue weighted by atomic mass is 10.1. The number of hydrogen-bond donors (Lipinski definition) is 1. The molecule has 6 nitrogen and oxygen atoms in total. The number of nitrogens with one attached hydrogen (secondary N) is 1. The summed E-state index contributed by atoms with van der Waals surface area (Å²) < 4.78 is 24.7. The lowest BCUT2D eigenvalue weighted by molar-refractivity contribution is -0.00237. The minimum absolute atomic E-state index is 0.0913. The van der Waals surface area contributed by atoms with Crippen molar-refractivity contribution in [2.45, 2.75) is 18.6 Å². The molecule has 0 saturated carbocycles. The van der Waals surface area contributed by atoms with E-state index in [2.05, 4.69) is 10.2 Å². The van der Waals surface area contributed by atoms with Gasteiger partial charge in [0.05, 0.1) is 19.3 Å². The molecular formula is C17H24FN3O3. The normalized spacial score (nSPS) is 25.3. The number of hydrogen-bond acceptors (Lipinski definition) is 4. The maximum absolute atomic E-state index is 13.3. The number of amides is 2. The second-order valence-electron chi connectivity index (χ2n) is 6.32. The van der Waals surface area contributed by atoms with Gasteiger partial charge < -0.3 is 24.6 Å². The van der Waals surface area contributed by atoms with Crippen molar-refractivity contribution in [3.63, 3.8) is 0 Å². The summed E-state index contributed by atoms with van der Waals surface area (Å²) >= 11 is 0. The molecule has 1 aromatic carbocycles. The fourth-order valence-electron chi connectivity index (χ4n) is 2.97.